The average Bonchev–Trinajstić information content (AvgIpc) is 2.53. The molecule has 5 nitrogen and oxygen atoms in total. The number of unbranched alkanes of at least 4 members (excludes halogenated alkanes) is 4. The van der Waals surface area contributed by atoms with E-state index < -0.39 is 6.10 Å². The number of hydrogen-bond acceptors (Lipinski definition) is 5. The third kappa shape index (κ3) is 13.4. The van der Waals surface area contributed by atoms with Gasteiger partial charge in [0.1, 0.15) is 6.61 Å². The molecule has 0 aromatic rings. The maximum absolute atomic E-state index is 11.8. The predicted molar refractivity (Wildman–Crippen MR) is 90.8 cm³/mol. The number of rotatable bonds is 16. The molecule has 0 aromatic heterocycles. The summed E-state index contributed by atoms with van der Waals surface area (Å²) in [5.74, 6) is -0.311. The van der Waals surface area contributed by atoms with Crippen LogP contribution in [0.2, 0.25) is 0 Å². The Morgan fingerprint density at radius 2 is 1.50 bits per heavy atom. The monoisotopic (exact) mass is 336 g/mol. The minimum absolute atomic E-state index is 0.257. The van der Waals surface area contributed by atoms with Crippen LogP contribution in [0.4, 0.5) is 0 Å². The molecule has 2 atom stereocenters. The van der Waals surface area contributed by atoms with Gasteiger partial charge in [-0.1, -0.05) is 46.0 Å². The van der Waals surface area contributed by atoms with Crippen molar-refractivity contribution in [3.05, 3.63) is 0 Å². The maximum atomic E-state index is 11.8. The molecule has 0 saturated carbocycles. The fraction of sp³-hybridized carbons (Fsp3) is 0.938. The second-order valence-corrected chi connectivity index (χ2v) is 5.49. The van der Waals surface area contributed by atoms with Gasteiger partial charge in [-0.2, -0.15) is 0 Å². The van der Waals surface area contributed by atoms with Crippen LogP contribution in [0.5, 0.6) is 0 Å². The summed E-state index contributed by atoms with van der Waals surface area (Å²) < 4.78 is 21.0. The Labute approximate surface area is 137 Å². The van der Waals surface area contributed by atoms with Gasteiger partial charge in [-0.25, -0.2) is 4.79 Å². The Hall–Kier alpha value is -0.220. The van der Waals surface area contributed by atoms with Crippen molar-refractivity contribution in [1.82, 2.24) is 0 Å². The van der Waals surface area contributed by atoms with Crippen LogP contribution in [-0.2, 0) is 23.5 Å². The third-order valence-corrected chi connectivity index (χ3v) is 3.56. The molecule has 0 rings (SSSR count). The zero-order valence-corrected chi connectivity index (χ0v) is 15.3. The highest BCUT2D eigenvalue weighted by Gasteiger charge is 2.18. The molecular formula is C16H33O5P. The molecule has 6 heteroatoms. The lowest BCUT2D eigenvalue weighted by molar-refractivity contribution is -0.153. The summed E-state index contributed by atoms with van der Waals surface area (Å²) in [5, 5.41) is 0. The Morgan fingerprint density at radius 1 is 0.864 bits per heavy atom. The van der Waals surface area contributed by atoms with E-state index in [1.165, 1.54) is 12.8 Å². The van der Waals surface area contributed by atoms with E-state index in [1.54, 1.807) is 0 Å². The largest absolute Gasteiger partial charge is 0.461 e. The number of carbonyl (C=O) groups is 1. The lowest BCUT2D eigenvalue weighted by atomic mass is 10.1. The first-order valence-electron chi connectivity index (χ1n) is 8.43. The minimum Gasteiger partial charge on any atom is -0.461 e. The SMILES string of the molecule is CCCCCCC(OP)C(=O)OCCOCCOCCCC. The summed E-state index contributed by atoms with van der Waals surface area (Å²) in [5.41, 5.74) is 0. The first-order chi connectivity index (χ1) is 10.8. The minimum atomic E-state index is -0.487. The van der Waals surface area contributed by atoms with Crippen molar-refractivity contribution >= 4 is 15.4 Å². The van der Waals surface area contributed by atoms with Gasteiger partial charge < -0.3 is 18.7 Å². The van der Waals surface area contributed by atoms with Crippen molar-refractivity contribution in [3.63, 3.8) is 0 Å². The number of ether oxygens (including phenoxy) is 3. The quantitative estimate of drug-likeness (QED) is 0.245. The number of hydrogen-bond donors (Lipinski definition) is 0. The van der Waals surface area contributed by atoms with Crippen LogP contribution in [0.25, 0.3) is 0 Å². The van der Waals surface area contributed by atoms with Gasteiger partial charge in [0.05, 0.1) is 19.8 Å². The maximum Gasteiger partial charge on any atom is 0.335 e. The molecule has 0 fully saturated rings. The summed E-state index contributed by atoms with van der Waals surface area (Å²) in [6.45, 7) is 6.83. The molecule has 0 spiro atoms. The first-order valence-corrected chi connectivity index (χ1v) is 8.91. The number of carbonyl (C=O) groups excluding carboxylic acids is 1. The van der Waals surface area contributed by atoms with E-state index in [1.807, 2.05) is 0 Å². The second-order valence-electron chi connectivity index (χ2n) is 5.22. The normalized spacial score (nSPS) is 12.3. The van der Waals surface area contributed by atoms with Crippen molar-refractivity contribution in [2.45, 2.75) is 64.9 Å². The molecule has 0 bridgehead atoms. The second kappa shape index (κ2) is 17.1. The van der Waals surface area contributed by atoms with E-state index in [0.717, 1.165) is 32.3 Å². The molecule has 132 valence electrons. The van der Waals surface area contributed by atoms with Crippen LogP contribution < -0.4 is 0 Å². The van der Waals surface area contributed by atoms with Crippen LogP contribution in [0.3, 0.4) is 0 Å². The van der Waals surface area contributed by atoms with Crippen molar-refractivity contribution in [2.75, 3.05) is 33.0 Å². The standard InChI is InChI=1S/C16H33O5P/c1-3-5-7-8-9-15(21-22)16(17)20-14-13-19-12-11-18-10-6-4-2/h15H,3-14,22H2,1-2H3. The Kier molecular flexibility index (Phi) is 17.0. The third-order valence-electron chi connectivity index (χ3n) is 3.23. The van der Waals surface area contributed by atoms with Gasteiger partial charge in [0.15, 0.2) is 6.10 Å². The van der Waals surface area contributed by atoms with Gasteiger partial charge in [0.2, 0.25) is 0 Å². The van der Waals surface area contributed by atoms with E-state index >= 15 is 0 Å². The van der Waals surface area contributed by atoms with E-state index in [0.29, 0.717) is 26.2 Å². The van der Waals surface area contributed by atoms with Crippen molar-refractivity contribution in [2.24, 2.45) is 0 Å². The van der Waals surface area contributed by atoms with Crippen LogP contribution in [-0.4, -0.2) is 45.1 Å². The van der Waals surface area contributed by atoms with Crippen LogP contribution in [0, 0.1) is 0 Å². The van der Waals surface area contributed by atoms with Gasteiger partial charge in [-0.15, -0.1) is 0 Å². The summed E-state index contributed by atoms with van der Waals surface area (Å²) >= 11 is 0. The highest BCUT2D eigenvalue weighted by molar-refractivity contribution is 7.09. The Balaban J connectivity index is 3.48. The van der Waals surface area contributed by atoms with Gasteiger partial charge in [-0.05, 0) is 12.8 Å². The molecule has 0 heterocycles. The zero-order chi connectivity index (χ0) is 16.5. The molecule has 22 heavy (non-hydrogen) atoms. The highest BCUT2D eigenvalue weighted by atomic mass is 31.0. The van der Waals surface area contributed by atoms with Gasteiger partial charge in [0.25, 0.3) is 0 Å². The van der Waals surface area contributed by atoms with E-state index in [2.05, 4.69) is 23.3 Å². The van der Waals surface area contributed by atoms with Gasteiger partial charge >= 0.3 is 5.97 Å². The smallest absolute Gasteiger partial charge is 0.335 e. The lowest BCUT2D eigenvalue weighted by Crippen LogP contribution is -2.25. The number of esters is 1. The van der Waals surface area contributed by atoms with Gasteiger partial charge in [-0.3, -0.25) is 0 Å². The molecular weight excluding hydrogens is 303 g/mol. The average molecular weight is 336 g/mol. The fourth-order valence-corrected chi connectivity index (χ4v) is 2.11. The molecule has 0 aliphatic carbocycles. The van der Waals surface area contributed by atoms with E-state index in [4.69, 9.17) is 18.7 Å². The molecule has 0 amide bonds. The summed E-state index contributed by atoms with van der Waals surface area (Å²) in [4.78, 5) is 11.8. The first kappa shape index (κ1) is 21.8. The fourth-order valence-electron chi connectivity index (χ4n) is 1.86. The topological polar surface area (TPSA) is 54.0 Å². The van der Waals surface area contributed by atoms with Crippen LogP contribution in [0.15, 0.2) is 0 Å². The molecule has 0 aliphatic rings. The molecule has 0 radical (unpaired) electrons. The predicted octanol–water partition coefficient (Wildman–Crippen LogP) is 3.51. The zero-order valence-electron chi connectivity index (χ0n) is 14.2. The van der Waals surface area contributed by atoms with Crippen molar-refractivity contribution in [3.8, 4) is 0 Å². The molecule has 0 aromatic carbocycles. The summed E-state index contributed by atoms with van der Waals surface area (Å²) in [6.07, 6.45) is 6.89. The Bertz CT molecular complexity index is 251. The highest BCUT2D eigenvalue weighted by Crippen LogP contribution is 2.12. The van der Waals surface area contributed by atoms with Gasteiger partial charge in [0, 0.05) is 16.1 Å². The van der Waals surface area contributed by atoms with Crippen LogP contribution >= 0.6 is 9.47 Å². The van der Waals surface area contributed by atoms with Crippen LogP contribution in [0.1, 0.15) is 58.8 Å². The molecule has 0 aliphatic heterocycles. The Morgan fingerprint density at radius 3 is 2.14 bits per heavy atom. The molecule has 0 saturated heterocycles. The summed E-state index contributed by atoms with van der Waals surface area (Å²) in [6, 6.07) is 0. The molecule has 2 unspecified atom stereocenters. The molecule has 0 N–H and O–H groups in total. The van der Waals surface area contributed by atoms with E-state index in [9.17, 15) is 4.79 Å². The van der Waals surface area contributed by atoms with Crippen molar-refractivity contribution < 1.29 is 23.5 Å². The lowest BCUT2D eigenvalue weighted by Gasteiger charge is -2.14. The van der Waals surface area contributed by atoms with Crippen molar-refractivity contribution in [1.29, 1.82) is 0 Å². The van der Waals surface area contributed by atoms with E-state index in [-0.39, 0.29) is 12.6 Å². The summed E-state index contributed by atoms with van der Waals surface area (Å²) in [7, 11) is 2.15.